The molecule has 0 aliphatic heterocycles. The van der Waals surface area contributed by atoms with Crippen LogP contribution in [0.4, 0.5) is 0 Å². The van der Waals surface area contributed by atoms with Crippen LogP contribution in [-0.4, -0.2) is 25.6 Å². The maximum Gasteiger partial charge on any atom is 0.336 e. The number of carbonyl (C=O) groups is 1. The number of rotatable bonds is 3. The first-order valence-electron chi connectivity index (χ1n) is 4.69. The number of aromatic nitrogens is 2. The Hall–Kier alpha value is -1.92. The fourth-order valence-electron chi connectivity index (χ4n) is 1.42. The molecule has 5 nitrogen and oxygen atoms in total. The standard InChI is InChI=1S/C11H8N2O3S/c14-11(15)8-4-1-3-7(9(8)17-16)10-12-5-2-6-13-10/h1-6,16H,(H,14,15). The van der Waals surface area contributed by atoms with Gasteiger partial charge in [0.15, 0.2) is 5.82 Å². The van der Waals surface area contributed by atoms with E-state index in [1.807, 2.05) is 0 Å². The maximum absolute atomic E-state index is 11.0. The second kappa shape index (κ2) is 4.94. The zero-order valence-corrected chi connectivity index (χ0v) is 9.39. The number of carboxylic acids is 1. The van der Waals surface area contributed by atoms with Crippen molar-refractivity contribution in [1.29, 1.82) is 0 Å². The molecular weight excluding hydrogens is 240 g/mol. The number of aromatic carboxylic acids is 1. The van der Waals surface area contributed by atoms with E-state index in [1.165, 1.54) is 6.07 Å². The molecule has 0 aliphatic carbocycles. The molecule has 0 unspecified atom stereocenters. The fourth-order valence-corrected chi connectivity index (χ4v) is 1.93. The molecule has 0 spiro atoms. The topological polar surface area (TPSA) is 83.3 Å². The molecule has 6 heteroatoms. The van der Waals surface area contributed by atoms with E-state index in [2.05, 4.69) is 9.97 Å². The molecule has 2 rings (SSSR count). The van der Waals surface area contributed by atoms with Crippen LogP contribution in [0.3, 0.4) is 0 Å². The van der Waals surface area contributed by atoms with Crippen molar-refractivity contribution >= 4 is 18.0 Å². The highest BCUT2D eigenvalue weighted by atomic mass is 32.2. The average molecular weight is 248 g/mol. The average Bonchev–Trinajstić information content (AvgIpc) is 2.38. The summed E-state index contributed by atoms with van der Waals surface area (Å²) in [6.45, 7) is 0. The number of nitrogens with zero attached hydrogens (tertiary/aromatic N) is 2. The molecule has 0 saturated carbocycles. The molecule has 0 atom stereocenters. The Balaban J connectivity index is 2.63. The van der Waals surface area contributed by atoms with Crippen molar-refractivity contribution in [2.24, 2.45) is 0 Å². The summed E-state index contributed by atoms with van der Waals surface area (Å²) in [5.41, 5.74) is 0.528. The summed E-state index contributed by atoms with van der Waals surface area (Å²) in [6.07, 6.45) is 3.11. The summed E-state index contributed by atoms with van der Waals surface area (Å²) >= 11 is 0.384. The van der Waals surface area contributed by atoms with Gasteiger partial charge in [-0.25, -0.2) is 14.8 Å². The van der Waals surface area contributed by atoms with E-state index in [-0.39, 0.29) is 10.5 Å². The molecule has 0 saturated heterocycles. The van der Waals surface area contributed by atoms with E-state index in [1.54, 1.807) is 30.6 Å². The lowest BCUT2D eigenvalue weighted by atomic mass is 10.1. The molecule has 1 heterocycles. The maximum atomic E-state index is 11.0. The van der Waals surface area contributed by atoms with Crippen LogP contribution >= 0.6 is 12.0 Å². The third-order valence-corrected chi connectivity index (χ3v) is 2.77. The summed E-state index contributed by atoms with van der Waals surface area (Å²) in [7, 11) is 0. The van der Waals surface area contributed by atoms with Crippen LogP contribution in [0, 0.1) is 0 Å². The first kappa shape index (κ1) is 11.6. The van der Waals surface area contributed by atoms with E-state index in [0.717, 1.165) is 0 Å². The Morgan fingerprint density at radius 2 is 1.88 bits per heavy atom. The molecule has 2 N–H and O–H groups in total. The van der Waals surface area contributed by atoms with Crippen molar-refractivity contribution < 1.29 is 14.5 Å². The minimum atomic E-state index is -1.10. The van der Waals surface area contributed by atoms with Crippen molar-refractivity contribution in [3.8, 4) is 11.4 Å². The monoisotopic (exact) mass is 248 g/mol. The second-order valence-corrected chi connectivity index (χ2v) is 3.74. The van der Waals surface area contributed by atoms with Gasteiger partial charge in [-0.2, -0.15) is 0 Å². The fraction of sp³-hybridized carbons (Fsp3) is 0. The van der Waals surface area contributed by atoms with E-state index < -0.39 is 5.97 Å². The summed E-state index contributed by atoms with van der Waals surface area (Å²) in [6, 6.07) is 6.35. The SMILES string of the molecule is O=C(O)c1cccc(-c2ncccn2)c1SO. The van der Waals surface area contributed by atoms with Gasteiger partial charge in [0.25, 0.3) is 0 Å². The van der Waals surface area contributed by atoms with Gasteiger partial charge in [0.1, 0.15) is 0 Å². The van der Waals surface area contributed by atoms with Gasteiger partial charge < -0.3 is 9.66 Å². The number of carboxylic acid groups (broad SMARTS) is 1. The summed E-state index contributed by atoms with van der Waals surface area (Å²) in [5.74, 6) is -0.716. The second-order valence-electron chi connectivity index (χ2n) is 3.15. The zero-order valence-electron chi connectivity index (χ0n) is 8.57. The van der Waals surface area contributed by atoms with Gasteiger partial charge in [-0.15, -0.1) is 0 Å². The highest BCUT2D eigenvalue weighted by Crippen LogP contribution is 2.30. The first-order chi connectivity index (χ1) is 8.24. The van der Waals surface area contributed by atoms with E-state index in [4.69, 9.17) is 5.11 Å². The molecular formula is C11H8N2O3S. The molecule has 0 bridgehead atoms. The van der Waals surface area contributed by atoms with Crippen LogP contribution < -0.4 is 0 Å². The van der Waals surface area contributed by atoms with Crippen LogP contribution in [0.1, 0.15) is 10.4 Å². The molecule has 1 aromatic carbocycles. The van der Waals surface area contributed by atoms with Crippen molar-refractivity contribution in [2.45, 2.75) is 4.90 Å². The molecule has 17 heavy (non-hydrogen) atoms. The Morgan fingerprint density at radius 1 is 1.18 bits per heavy atom. The third-order valence-electron chi connectivity index (χ3n) is 2.14. The predicted molar refractivity (Wildman–Crippen MR) is 62.9 cm³/mol. The smallest absolute Gasteiger partial charge is 0.336 e. The Kier molecular flexibility index (Phi) is 3.36. The first-order valence-corrected chi connectivity index (χ1v) is 5.46. The Morgan fingerprint density at radius 3 is 2.47 bits per heavy atom. The molecule has 86 valence electrons. The van der Waals surface area contributed by atoms with Gasteiger partial charge in [-0.1, -0.05) is 6.07 Å². The van der Waals surface area contributed by atoms with Crippen LogP contribution in [-0.2, 0) is 0 Å². The van der Waals surface area contributed by atoms with E-state index in [9.17, 15) is 9.35 Å². The van der Waals surface area contributed by atoms with E-state index >= 15 is 0 Å². The van der Waals surface area contributed by atoms with Gasteiger partial charge in [-0.05, 0) is 18.2 Å². The van der Waals surface area contributed by atoms with Crippen molar-refractivity contribution in [3.05, 3.63) is 42.2 Å². The predicted octanol–water partition coefficient (Wildman–Crippen LogP) is 2.41. The largest absolute Gasteiger partial charge is 0.478 e. The number of benzene rings is 1. The summed E-state index contributed by atoms with van der Waals surface area (Å²) < 4.78 is 9.21. The summed E-state index contributed by atoms with van der Waals surface area (Å²) in [5, 5.41) is 9.00. The third kappa shape index (κ3) is 2.27. The van der Waals surface area contributed by atoms with Gasteiger partial charge >= 0.3 is 5.97 Å². The number of hydrogen-bond acceptors (Lipinski definition) is 5. The molecule has 0 fully saturated rings. The molecule has 0 radical (unpaired) electrons. The quantitative estimate of drug-likeness (QED) is 0.811. The molecule has 1 aromatic heterocycles. The highest BCUT2D eigenvalue weighted by molar-refractivity contribution is 7.94. The number of hydrogen-bond donors (Lipinski definition) is 2. The van der Waals surface area contributed by atoms with Gasteiger partial charge in [-0.3, -0.25) is 0 Å². The minimum absolute atomic E-state index is 0.0300. The molecule has 0 amide bonds. The van der Waals surface area contributed by atoms with Crippen LogP contribution in [0.5, 0.6) is 0 Å². The lowest BCUT2D eigenvalue weighted by Crippen LogP contribution is -2.01. The highest BCUT2D eigenvalue weighted by Gasteiger charge is 2.16. The Labute approximate surface area is 101 Å². The summed E-state index contributed by atoms with van der Waals surface area (Å²) in [4.78, 5) is 19.3. The molecule has 0 aliphatic rings. The lowest BCUT2D eigenvalue weighted by Gasteiger charge is -2.07. The Bertz CT molecular complexity index is 546. The lowest BCUT2D eigenvalue weighted by molar-refractivity contribution is 0.0693. The van der Waals surface area contributed by atoms with E-state index in [0.29, 0.717) is 23.4 Å². The zero-order chi connectivity index (χ0) is 12.3. The van der Waals surface area contributed by atoms with Crippen molar-refractivity contribution in [1.82, 2.24) is 9.97 Å². The van der Waals surface area contributed by atoms with Crippen LogP contribution in [0.2, 0.25) is 0 Å². The van der Waals surface area contributed by atoms with Gasteiger partial charge in [0.2, 0.25) is 0 Å². The van der Waals surface area contributed by atoms with Crippen LogP contribution in [0.15, 0.2) is 41.6 Å². The molecule has 2 aromatic rings. The van der Waals surface area contributed by atoms with Gasteiger partial charge in [0.05, 0.1) is 10.5 Å². The van der Waals surface area contributed by atoms with Crippen LogP contribution in [0.25, 0.3) is 11.4 Å². The van der Waals surface area contributed by atoms with Gasteiger partial charge in [0, 0.05) is 30.0 Å². The minimum Gasteiger partial charge on any atom is -0.478 e. The van der Waals surface area contributed by atoms with Crippen molar-refractivity contribution in [2.75, 3.05) is 0 Å². The normalized spacial score (nSPS) is 10.2. The van der Waals surface area contributed by atoms with Crippen molar-refractivity contribution in [3.63, 3.8) is 0 Å².